The molecule has 3 aromatic rings. The van der Waals surface area contributed by atoms with Crippen LogP contribution in [-0.4, -0.2) is 21.8 Å². The van der Waals surface area contributed by atoms with E-state index in [-0.39, 0.29) is 5.97 Å². The highest BCUT2D eigenvalue weighted by Gasteiger charge is 2.08. The summed E-state index contributed by atoms with van der Waals surface area (Å²) in [4.78, 5) is 16.2. The lowest BCUT2D eigenvalue weighted by Gasteiger charge is -2.05. The van der Waals surface area contributed by atoms with Crippen molar-refractivity contribution in [2.45, 2.75) is 13.8 Å². The highest BCUT2D eigenvalue weighted by atomic mass is 16.5. The van der Waals surface area contributed by atoms with E-state index in [0.717, 1.165) is 16.8 Å². The molecule has 0 bridgehead atoms. The fraction of sp³-hybridized carbons (Fsp3) is 0.105. The molecule has 3 rings (SSSR count). The second-order valence-corrected chi connectivity index (χ2v) is 5.66. The van der Waals surface area contributed by atoms with Crippen LogP contribution in [0.2, 0.25) is 0 Å². The summed E-state index contributed by atoms with van der Waals surface area (Å²) in [6.45, 7) is 3.78. The molecule has 25 heavy (non-hydrogen) atoms. The Balaban J connectivity index is 1.68. The van der Waals surface area contributed by atoms with E-state index in [4.69, 9.17) is 10.5 Å². The van der Waals surface area contributed by atoms with Gasteiger partial charge in [-0.1, -0.05) is 17.7 Å². The maximum atomic E-state index is 12.1. The first kappa shape index (κ1) is 16.4. The lowest BCUT2D eigenvalue weighted by Crippen LogP contribution is -2.08. The van der Waals surface area contributed by atoms with Crippen molar-refractivity contribution in [2.24, 2.45) is 5.10 Å². The average Bonchev–Trinajstić information content (AvgIpc) is 2.91. The molecular weight excluding hydrogens is 316 g/mol. The number of aromatic nitrogens is 2. The van der Waals surface area contributed by atoms with Gasteiger partial charge in [0.25, 0.3) is 0 Å². The molecular formula is C19H18N4O2. The summed E-state index contributed by atoms with van der Waals surface area (Å²) in [7, 11) is 0. The van der Waals surface area contributed by atoms with Crippen LogP contribution in [0.1, 0.15) is 27.2 Å². The third kappa shape index (κ3) is 4.11. The van der Waals surface area contributed by atoms with Crippen molar-refractivity contribution < 1.29 is 9.53 Å². The van der Waals surface area contributed by atoms with Gasteiger partial charge in [-0.05, 0) is 55.8 Å². The normalized spacial score (nSPS) is 11.0. The molecule has 2 aromatic carbocycles. The molecule has 2 N–H and O–H groups in total. The summed E-state index contributed by atoms with van der Waals surface area (Å²) in [6.07, 6.45) is 3.40. The van der Waals surface area contributed by atoms with Crippen LogP contribution in [0.4, 0.5) is 5.95 Å². The lowest BCUT2D eigenvalue weighted by molar-refractivity contribution is 0.0734. The molecule has 0 spiro atoms. The molecule has 6 nitrogen and oxygen atoms in total. The number of carbonyl (C=O) groups excluding carboxylic acids is 1. The maximum absolute atomic E-state index is 12.1. The standard InChI is InChI=1S/C19H18N4O2/c1-13-4-3-5-16(10-13)18(24)25-17-8-6-15(7-9-17)11-21-23-12-14(2)22-19(23)20/h3-12H,1-2H3,(H2,20,22). The van der Waals surface area contributed by atoms with Gasteiger partial charge in [-0.15, -0.1) is 0 Å². The lowest BCUT2D eigenvalue weighted by atomic mass is 10.1. The molecule has 0 aliphatic heterocycles. The van der Waals surface area contributed by atoms with E-state index < -0.39 is 0 Å². The topological polar surface area (TPSA) is 82.5 Å². The minimum absolute atomic E-state index is 0.331. The number of nitrogens with two attached hydrogens (primary N) is 1. The van der Waals surface area contributed by atoms with Crippen LogP contribution in [0.5, 0.6) is 5.75 Å². The zero-order chi connectivity index (χ0) is 17.8. The molecule has 0 fully saturated rings. The molecule has 126 valence electrons. The largest absolute Gasteiger partial charge is 0.423 e. The Morgan fingerprint density at radius 1 is 1.20 bits per heavy atom. The van der Waals surface area contributed by atoms with E-state index in [1.165, 1.54) is 4.68 Å². The second kappa shape index (κ2) is 7.00. The Hall–Kier alpha value is -3.41. The zero-order valence-corrected chi connectivity index (χ0v) is 14.0. The number of nitrogens with zero attached hydrogens (tertiary/aromatic N) is 3. The van der Waals surface area contributed by atoms with Gasteiger partial charge >= 0.3 is 5.97 Å². The third-order valence-corrected chi connectivity index (χ3v) is 3.51. The molecule has 0 saturated carbocycles. The van der Waals surface area contributed by atoms with Crippen LogP contribution >= 0.6 is 0 Å². The van der Waals surface area contributed by atoms with Gasteiger partial charge < -0.3 is 10.5 Å². The van der Waals surface area contributed by atoms with Gasteiger partial charge in [0.15, 0.2) is 0 Å². The first-order chi connectivity index (χ1) is 12.0. The smallest absolute Gasteiger partial charge is 0.343 e. The van der Waals surface area contributed by atoms with Gasteiger partial charge in [-0.2, -0.15) is 5.10 Å². The van der Waals surface area contributed by atoms with Crippen molar-refractivity contribution in [3.63, 3.8) is 0 Å². The predicted octanol–water partition coefficient (Wildman–Crippen LogP) is 3.18. The van der Waals surface area contributed by atoms with Crippen molar-refractivity contribution in [3.8, 4) is 5.75 Å². The van der Waals surface area contributed by atoms with E-state index >= 15 is 0 Å². The minimum Gasteiger partial charge on any atom is -0.423 e. The number of nitrogen functional groups attached to an aromatic ring is 1. The van der Waals surface area contributed by atoms with Crippen LogP contribution in [0.15, 0.2) is 59.8 Å². The summed E-state index contributed by atoms with van der Waals surface area (Å²) in [5.41, 5.74) is 8.91. The average molecular weight is 334 g/mol. The molecule has 0 aliphatic rings. The Kier molecular flexibility index (Phi) is 4.61. The van der Waals surface area contributed by atoms with Crippen molar-refractivity contribution in [2.75, 3.05) is 5.73 Å². The fourth-order valence-electron chi connectivity index (χ4n) is 2.29. The van der Waals surface area contributed by atoms with Crippen LogP contribution < -0.4 is 10.5 Å². The van der Waals surface area contributed by atoms with Gasteiger partial charge in [0.05, 0.1) is 23.7 Å². The zero-order valence-electron chi connectivity index (χ0n) is 14.0. The van der Waals surface area contributed by atoms with E-state index in [9.17, 15) is 4.79 Å². The number of hydrogen-bond donors (Lipinski definition) is 1. The summed E-state index contributed by atoms with van der Waals surface area (Å²) >= 11 is 0. The molecule has 1 heterocycles. The van der Waals surface area contributed by atoms with E-state index in [1.54, 1.807) is 36.7 Å². The quantitative estimate of drug-likeness (QED) is 0.451. The SMILES string of the molecule is Cc1cccc(C(=O)Oc2ccc(C=Nn3cc(C)nc3N)cc2)c1. The number of benzene rings is 2. The molecule has 0 aliphatic carbocycles. The van der Waals surface area contributed by atoms with Gasteiger partial charge in [-0.3, -0.25) is 0 Å². The van der Waals surface area contributed by atoms with Gasteiger partial charge in [0.1, 0.15) is 5.75 Å². The van der Waals surface area contributed by atoms with Crippen molar-refractivity contribution >= 4 is 18.1 Å². The first-order valence-corrected chi connectivity index (χ1v) is 7.76. The predicted molar refractivity (Wildman–Crippen MR) is 96.9 cm³/mol. The minimum atomic E-state index is -0.383. The molecule has 0 radical (unpaired) electrons. The Labute approximate surface area is 145 Å². The number of ether oxygens (including phenoxy) is 1. The number of esters is 1. The molecule has 0 amide bonds. The molecule has 0 saturated heterocycles. The van der Waals surface area contributed by atoms with E-state index in [0.29, 0.717) is 17.3 Å². The molecule has 0 unspecified atom stereocenters. The van der Waals surface area contributed by atoms with Crippen LogP contribution in [-0.2, 0) is 0 Å². The highest BCUT2D eigenvalue weighted by Crippen LogP contribution is 2.14. The Morgan fingerprint density at radius 3 is 2.60 bits per heavy atom. The van der Waals surface area contributed by atoms with E-state index in [1.807, 2.05) is 38.1 Å². The number of carbonyl (C=O) groups is 1. The van der Waals surface area contributed by atoms with Crippen LogP contribution in [0.3, 0.4) is 0 Å². The first-order valence-electron chi connectivity index (χ1n) is 7.76. The number of imidazole rings is 1. The fourth-order valence-corrected chi connectivity index (χ4v) is 2.29. The number of anilines is 1. The Morgan fingerprint density at radius 2 is 1.96 bits per heavy atom. The van der Waals surface area contributed by atoms with Crippen LogP contribution in [0.25, 0.3) is 0 Å². The maximum Gasteiger partial charge on any atom is 0.343 e. The second-order valence-electron chi connectivity index (χ2n) is 5.66. The van der Waals surface area contributed by atoms with Crippen molar-refractivity contribution in [1.82, 2.24) is 9.66 Å². The summed E-state index contributed by atoms with van der Waals surface area (Å²) in [5, 5.41) is 4.24. The summed E-state index contributed by atoms with van der Waals surface area (Å²) < 4.78 is 6.88. The number of aryl methyl sites for hydroxylation is 2. The Bertz CT molecular complexity index is 927. The number of rotatable bonds is 4. The molecule has 6 heteroatoms. The van der Waals surface area contributed by atoms with Crippen molar-refractivity contribution in [3.05, 3.63) is 77.1 Å². The molecule has 0 atom stereocenters. The highest BCUT2D eigenvalue weighted by molar-refractivity contribution is 5.91. The number of hydrogen-bond acceptors (Lipinski definition) is 5. The van der Waals surface area contributed by atoms with Crippen LogP contribution in [0, 0.1) is 13.8 Å². The van der Waals surface area contributed by atoms with Gasteiger partial charge in [0, 0.05) is 0 Å². The summed E-state index contributed by atoms with van der Waals surface area (Å²) in [6, 6.07) is 14.3. The van der Waals surface area contributed by atoms with Gasteiger partial charge in [0.2, 0.25) is 5.95 Å². The molecule has 1 aromatic heterocycles. The summed E-state index contributed by atoms with van der Waals surface area (Å²) in [5.74, 6) is 0.422. The third-order valence-electron chi connectivity index (χ3n) is 3.51. The van der Waals surface area contributed by atoms with E-state index in [2.05, 4.69) is 10.1 Å². The monoisotopic (exact) mass is 334 g/mol. The van der Waals surface area contributed by atoms with Gasteiger partial charge in [-0.25, -0.2) is 14.5 Å². The van der Waals surface area contributed by atoms with Crippen molar-refractivity contribution in [1.29, 1.82) is 0 Å².